The summed E-state index contributed by atoms with van der Waals surface area (Å²) >= 11 is 0. The molecular weight excluding hydrogens is 242 g/mol. The number of unbranched alkanes of at least 4 members (excludes halogenated alkanes) is 2. The molecule has 0 aliphatic rings. The average molecular weight is 275 g/mol. The number of primary amides is 1. The average Bonchev–Trinajstić information content (AvgIpc) is 2.44. The third-order valence-corrected chi connectivity index (χ3v) is 1.57. The molecule has 19 heavy (non-hydrogen) atoms. The minimum Gasteiger partial charge on any atom is -0.450 e. The van der Waals surface area contributed by atoms with Crippen molar-refractivity contribution in [3.8, 4) is 0 Å². The van der Waals surface area contributed by atoms with Crippen LogP contribution in [0.2, 0.25) is 0 Å². The van der Waals surface area contributed by atoms with Crippen molar-refractivity contribution in [3.63, 3.8) is 0 Å². The lowest BCUT2D eigenvalue weighted by atomic mass is 10.3. The first-order chi connectivity index (χ1) is 9.18. The quantitative estimate of drug-likeness (QED) is 0.556. The summed E-state index contributed by atoms with van der Waals surface area (Å²) in [6, 6.07) is 0. The fraction of sp³-hybridized carbons (Fsp3) is 0.667. The molecule has 0 saturated heterocycles. The maximum Gasteiger partial charge on any atom is 0.404 e. The van der Waals surface area contributed by atoms with Gasteiger partial charge in [0.2, 0.25) is 0 Å². The van der Waals surface area contributed by atoms with Crippen molar-refractivity contribution in [2.45, 2.75) is 46.5 Å². The Balaban J connectivity index is -0.0000000977. The number of nitrogens with two attached hydrogens (primary N) is 1. The van der Waals surface area contributed by atoms with Gasteiger partial charge in [-0.2, -0.15) is 0 Å². The van der Waals surface area contributed by atoms with Crippen LogP contribution in [0.25, 0.3) is 0 Å². The Labute approximate surface area is 119 Å². The van der Waals surface area contributed by atoms with Gasteiger partial charge in [0.05, 0.1) is 6.61 Å². The number of ether oxygens (including phenoxy) is 2. The Bertz CT molecular complexity index is 144. The molecule has 0 aromatic heterocycles. The molecule has 4 heteroatoms. The van der Waals surface area contributed by atoms with E-state index in [1.807, 2.05) is 0 Å². The van der Waals surface area contributed by atoms with Gasteiger partial charge in [-0.15, -0.1) is 26.3 Å². The fourth-order valence-electron chi connectivity index (χ4n) is 0.737. The van der Waals surface area contributed by atoms with Crippen LogP contribution in [0.5, 0.6) is 0 Å². The SMILES string of the molecule is C=C.C=C.CCCCOCCCC.CCOC(N)=O. The summed E-state index contributed by atoms with van der Waals surface area (Å²) in [6.45, 7) is 20.3. The van der Waals surface area contributed by atoms with Crippen LogP contribution in [0.3, 0.4) is 0 Å². The van der Waals surface area contributed by atoms with E-state index in [1.54, 1.807) is 6.92 Å². The second kappa shape index (κ2) is 36.0. The van der Waals surface area contributed by atoms with E-state index in [2.05, 4.69) is 50.6 Å². The van der Waals surface area contributed by atoms with Gasteiger partial charge in [-0.25, -0.2) is 4.79 Å². The van der Waals surface area contributed by atoms with E-state index in [9.17, 15) is 4.79 Å². The predicted molar refractivity (Wildman–Crippen MR) is 84.4 cm³/mol. The van der Waals surface area contributed by atoms with E-state index >= 15 is 0 Å². The Morgan fingerprint density at radius 2 is 1.32 bits per heavy atom. The molecule has 116 valence electrons. The van der Waals surface area contributed by atoms with Gasteiger partial charge in [0.1, 0.15) is 0 Å². The topological polar surface area (TPSA) is 61.6 Å². The summed E-state index contributed by atoms with van der Waals surface area (Å²) in [5.41, 5.74) is 4.54. The van der Waals surface area contributed by atoms with Gasteiger partial charge in [-0.3, -0.25) is 0 Å². The lowest BCUT2D eigenvalue weighted by molar-refractivity contribution is 0.128. The van der Waals surface area contributed by atoms with Crippen molar-refractivity contribution in [2.75, 3.05) is 19.8 Å². The first-order valence-corrected chi connectivity index (χ1v) is 6.68. The van der Waals surface area contributed by atoms with Crippen LogP contribution in [-0.4, -0.2) is 25.9 Å². The van der Waals surface area contributed by atoms with Crippen LogP contribution in [0.15, 0.2) is 26.3 Å². The number of carbonyl (C=O) groups excluding carboxylic acids is 1. The van der Waals surface area contributed by atoms with Crippen LogP contribution >= 0.6 is 0 Å². The minimum atomic E-state index is -0.711. The van der Waals surface area contributed by atoms with Gasteiger partial charge >= 0.3 is 6.09 Å². The highest BCUT2D eigenvalue weighted by molar-refractivity contribution is 5.64. The molecule has 0 rings (SSSR count). The first kappa shape index (κ1) is 26.3. The molecule has 0 saturated carbocycles. The van der Waals surface area contributed by atoms with E-state index in [4.69, 9.17) is 4.74 Å². The monoisotopic (exact) mass is 275 g/mol. The molecule has 0 aromatic carbocycles. The number of carbonyl (C=O) groups is 1. The van der Waals surface area contributed by atoms with Crippen molar-refractivity contribution in [2.24, 2.45) is 5.73 Å². The summed E-state index contributed by atoms with van der Waals surface area (Å²) in [6.07, 6.45) is 4.20. The fourth-order valence-corrected chi connectivity index (χ4v) is 0.737. The van der Waals surface area contributed by atoms with Gasteiger partial charge in [0.25, 0.3) is 0 Å². The molecule has 0 atom stereocenters. The normalized spacial score (nSPS) is 7.53. The third-order valence-electron chi connectivity index (χ3n) is 1.57. The van der Waals surface area contributed by atoms with Gasteiger partial charge in [-0.1, -0.05) is 26.7 Å². The van der Waals surface area contributed by atoms with Crippen molar-refractivity contribution in [1.29, 1.82) is 0 Å². The predicted octanol–water partition coefficient (Wildman–Crippen LogP) is 4.31. The van der Waals surface area contributed by atoms with E-state index in [1.165, 1.54) is 25.7 Å². The molecule has 4 nitrogen and oxygen atoms in total. The molecule has 2 N–H and O–H groups in total. The maximum atomic E-state index is 9.60. The van der Waals surface area contributed by atoms with Gasteiger partial charge < -0.3 is 15.2 Å². The molecule has 0 radical (unpaired) electrons. The zero-order valence-corrected chi connectivity index (χ0v) is 13.1. The number of hydrogen-bond donors (Lipinski definition) is 1. The molecule has 0 spiro atoms. The zero-order valence-electron chi connectivity index (χ0n) is 13.1. The third kappa shape index (κ3) is 60.8. The second-order valence-corrected chi connectivity index (χ2v) is 3.07. The van der Waals surface area contributed by atoms with Crippen LogP contribution in [0, 0.1) is 0 Å². The van der Waals surface area contributed by atoms with Crippen molar-refractivity contribution < 1.29 is 14.3 Å². The summed E-state index contributed by atoms with van der Waals surface area (Å²) in [5.74, 6) is 0. The minimum absolute atomic E-state index is 0.356. The van der Waals surface area contributed by atoms with Crippen LogP contribution in [-0.2, 0) is 9.47 Å². The molecule has 0 aromatic rings. The second-order valence-electron chi connectivity index (χ2n) is 3.07. The molecule has 0 heterocycles. The maximum absolute atomic E-state index is 9.60. The van der Waals surface area contributed by atoms with E-state index < -0.39 is 6.09 Å². The van der Waals surface area contributed by atoms with Crippen molar-refractivity contribution >= 4 is 6.09 Å². The van der Waals surface area contributed by atoms with Gasteiger partial charge in [0, 0.05) is 13.2 Å². The molecule has 1 amide bonds. The Morgan fingerprint density at radius 1 is 0.947 bits per heavy atom. The summed E-state index contributed by atoms with van der Waals surface area (Å²) in [4.78, 5) is 9.60. The molecule has 0 unspecified atom stereocenters. The Hall–Kier alpha value is -1.29. The van der Waals surface area contributed by atoms with Crippen molar-refractivity contribution in [1.82, 2.24) is 0 Å². The van der Waals surface area contributed by atoms with Gasteiger partial charge in [0.15, 0.2) is 0 Å². The van der Waals surface area contributed by atoms with Crippen LogP contribution < -0.4 is 5.73 Å². The van der Waals surface area contributed by atoms with Gasteiger partial charge in [-0.05, 0) is 19.8 Å². The molecule has 0 bridgehead atoms. The first-order valence-electron chi connectivity index (χ1n) is 6.68. The highest BCUT2D eigenvalue weighted by Gasteiger charge is 1.84. The highest BCUT2D eigenvalue weighted by atomic mass is 16.5. The molecule has 0 aliphatic heterocycles. The van der Waals surface area contributed by atoms with E-state index in [-0.39, 0.29) is 0 Å². The molecule has 0 fully saturated rings. The lowest BCUT2D eigenvalue weighted by Gasteiger charge is -1.99. The van der Waals surface area contributed by atoms with Crippen LogP contribution in [0.1, 0.15) is 46.5 Å². The summed E-state index contributed by atoms with van der Waals surface area (Å²) < 4.78 is 9.49. The smallest absolute Gasteiger partial charge is 0.404 e. The molecule has 0 aliphatic carbocycles. The lowest BCUT2D eigenvalue weighted by Crippen LogP contribution is -2.11. The Kier molecular flexibility index (Phi) is 49.8. The van der Waals surface area contributed by atoms with E-state index in [0.717, 1.165) is 13.2 Å². The standard InChI is InChI=1S/C8H18O.C3H7NO2.2C2H4/c1-3-5-7-9-8-6-4-2;1-2-6-3(4)5;2*1-2/h3-8H2,1-2H3;2H2,1H3,(H2,4,5);2*1-2H2. The largest absolute Gasteiger partial charge is 0.450 e. The van der Waals surface area contributed by atoms with Crippen molar-refractivity contribution in [3.05, 3.63) is 26.3 Å². The number of hydrogen-bond acceptors (Lipinski definition) is 3. The van der Waals surface area contributed by atoms with Crippen LogP contribution in [0.4, 0.5) is 4.79 Å². The van der Waals surface area contributed by atoms with E-state index in [0.29, 0.717) is 6.61 Å². The number of amides is 1. The molecular formula is C15H33NO3. The summed E-state index contributed by atoms with van der Waals surface area (Å²) in [7, 11) is 0. The summed E-state index contributed by atoms with van der Waals surface area (Å²) in [5, 5.41) is 0. The highest BCUT2D eigenvalue weighted by Crippen LogP contribution is 1.91. The Morgan fingerprint density at radius 3 is 1.47 bits per heavy atom. The zero-order chi connectivity index (χ0) is 15.9. The number of rotatable bonds is 7.